The summed E-state index contributed by atoms with van der Waals surface area (Å²) in [6.45, 7) is 4.22. The molecule has 0 N–H and O–H groups in total. The Morgan fingerprint density at radius 1 is 1.38 bits per heavy atom. The Kier molecular flexibility index (Phi) is 3.35. The van der Waals surface area contributed by atoms with Gasteiger partial charge in [-0.25, -0.2) is 0 Å². The van der Waals surface area contributed by atoms with Crippen molar-refractivity contribution in [2.24, 2.45) is 11.8 Å². The van der Waals surface area contributed by atoms with Crippen LogP contribution >= 0.6 is 0 Å². The molecule has 2 saturated heterocycles. The highest BCUT2D eigenvalue weighted by Gasteiger charge is 2.69. The molecule has 3 heterocycles. The summed E-state index contributed by atoms with van der Waals surface area (Å²) in [6.07, 6.45) is 5.36. The molecule has 3 aliphatic rings. The first-order valence-corrected chi connectivity index (χ1v) is 8.12. The van der Waals surface area contributed by atoms with Gasteiger partial charge in [-0.3, -0.25) is 4.79 Å². The molecule has 124 valence electrons. The first kappa shape index (κ1) is 15.1. The topological polar surface area (TPSA) is 69.7 Å². The first-order valence-electron chi connectivity index (χ1n) is 8.12. The highest BCUT2D eigenvalue weighted by molar-refractivity contribution is 5.91. The summed E-state index contributed by atoms with van der Waals surface area (Å²) in [4.78, 5) is 26.4. The van der Waals surface area contributed by atoms with Gasteiger partial charge in [-0.05, 0) is 12.0 Å². The predicted molar refractivity (Wildman–Crippen MR) is 84.3 cm³/mol. The highest BCUT2D eigenvalue weighted by atomic mass is 16.5. The van der Waals surface area contributed by atoms with E-state index in [0.29, 0.717) is 13.0 Å². The van der Waals surface area contributed by atoms with E-state index in [1.807, 2.05) is 36.4 Å². The summed E-state index contributed by atoms with van der Waals surface area (Å²) in [5.74, 6) is -3.03. The van der Waals surface area contributed by atoms with Crippen molar-refractivity contribution >= 4 is 11.9 Å². The van der Waals surface area contributed by atoms with Crippen molar-refractivity contribution in [3.8, 4) is 0 Å². The van der Waals surface area contributed by atoms with E-state index in [-0.39, 0.29) is 11.9 Å². The van der Waals surface area contributed by atoms with Crippen molar-refractivity contribution in [3.05, 3.63) is 60.7 Å². The molecular weight excluding hydrogens is 306 g/mol. The van der Waals surface area contributed by atoms with E-state index in [0.717, 1.165) is 5.56 Å². The van der Waals surface area contributed by atoms with Crippen LogP contribution in [0.5, 0.6) is 0 Å². The van der Waals surface area contributed by atoms with E-state index in [4.69, 9.17) is 4.74 Å². The number of carbonyl (C=O) groups is 2. The lowest BCUT2D eigenvalue weighted by atomic mass is 9.74. The number of amides is 1. The normalized spacial score (nSPS) is 36.2. The lowest BCUT2D eigenvalue weighted by molar-refractivity contribution is -0.313. The maximum absolute atomic E-state index is 13.1. The molecule has 3 aliphatic heterocycles. The Labute approximate surface area is 140 Å². The Morgan fingerprint density at radius 2 is 2.12 bits per heavy atom. The second-order valence-corrected chi connectivity index (χ2v) is 6.61. The fraction of sp³-hybridized carbons (Fsp3) is 0.368. The zero-order valence-electron chi connectivity index (χ0n) is 13.1. The summed E-state index contributed by atoms with van der Waals surface area (Å²) in [5, 5.41) is 11.6. The van der Waals surface area contributed by atoms with Gasteiger partial charge in [0, 0.05) is 18.4 Å². The molecule has 0 aliphatic carbocycles. The average Bonchev–Trinajstić information content (AvgIpc) is 3.20. The second kappa shape index (κ2) is 5.31. The predicted octanol–water partition coefficient (Wildman–Crippen LogP) is 0.663. The van der Waals surface area contributed by atoms with E-state index in [1.165, 1.54) is 0 Å². The van der Waals surface area contributed by atoms with Gasteiger partial charge in [-0.2, -0.15) is 0 Å². The summed E-state index contributed by atoms with van der Waals surface area (Å²) in [5.41, 5.74) is 0.120. The van der Waals surface area contributed by atoms with Crippen molar-refractivity contribution in [2.75, 3.05) is 0 Å². The van der Waals surface area contributed by atoms with Crippen LogP contribution in [-0.4, -0.2) is 34.5 Å². The van der Waals surface area contributed by atoms with Crippen LogP contribution in [0.4, 0.5) is 0 Å². The van der Waals surface area contributed by atoms with Crippen LogP contribution in [0.1, 0.15) is 12.0 Å². The molecule has 5 heteroatoms. The standard InChI is InChI=1S/C19H19NO4/c1-2-6-14-19-10-9-13(24-19)15(18(22)23)16(19)17(21)20(14)11-12-7-4-3-5-8-12/h2-5,7-10,13-16H,1,6,11H2,(H,22,23)/p-1/t13-,14+,15-,16+,19-/m1/s1. The van der Waals surface area contributed by atoms with Gasteiger partial charge in [0.05, 0.1) is 18.1 Å². The summed E-state index contributed by atoms with van der Waals surface area (Å²) in [7, 11) is 0. The number of hydrogen-bond donors (Lipinski definition) is 0. The molecule has 0 saturated carbocycles. The van der Waals surface area contributed by atoms with E-state index >= 15 is 0 Å². The molecule has 1 spiro atoms. The Bertz CT molecular complexity index is 728. The SMILES string of the molecule is C=CC[C@@H]1N(Cc2ccccc2)C(=O)[C@@H]2[C@H](C(=O)[O-])[C@H]3C=C[C@]21O3. The maximum atomic E-state index is 13.1. The van der Waals surface area contributed by atoms with Crippen molar-refractivity contribution in [1.29, 1.82) is 0 Å². The van der Waals surface area contributed by atoms with Crippen LogP contribution in [0.25, 0.3) is 0 Å². The minimum absolute atomic E-state index is 0.174. The van der Waals surface area contributed by atoms with E-state index < -0.39 is 29.5 Å². The van der Waals surface area contributed by atoms with Gasteiger partial charge in [-0.15, -0.1) is 6.58 Å². The number of benzene rings is 1. The van der Waals surface area contributed by atoms with E-state index in [1.54, 1.807) is 17.1 Å². The number of aliphatic carboxylic acids is 1. The molecule has 2 bridgehead atoms. The molecule has 0 aromatic heterocycles. The molecule has 1 aromatic rings. The molecule has 1 amide bonds. The van der Waals surface area contributed by atoms with Crippen LogP contribution in [0.15, 0.2) is 55.1 Å². The molecule has 0 unspecified atom stereocenters. The van der Waals surface area contributed by atoms with Gasteiger partial charge in [-0.1, -0.05) is 48.6 Å². The van der Waals surface area contributed by atoms with Crippen LogP contribution in [0.2, 0.25) is 0 Å². The number of carboxylic acid groups (broad SMARTS) is 1. The first-order chi connectivity index (χ1) is 11.6. The minimum Gasteiger partial charge on any atom is -0.550 e. The number of fused-ring (bicyclic) bond motifs is 1. The van der Waals surface area contributed by atoms with Crippen LogP contribution in [0, 0.1) is 11.8 Å². The molecule has 5 atom stereocenters. The van der Waals surface area contributed by atoms with Gasteiger partial charge in [0.2, 0.25) is 5.91 Å². The smallest absolute Gasteiger partial charge is 0.230 e. The molecule has 24 heavy (non-hydrogen) atoms. The van der Waals surface area contributed by atoms with Crippen molar-refractivity contribution < 1.29 is 19.4 Å². The lowest BCUT2D eigenvalue weighted by Crippen LogP contribution is -2.46. The Hall–Kier alpha value is -2.40. The largest absolute Gasteiger partial charge is 0.550 e. The van der Waals surface area contributed by atoms with E-state index in [2.05, 4.69) is 6.58 Å². The number of ether oxygens (including phenoxy) is 1. The van der Waals surface area contributed by atoms with Crippen molar-refractivity contribution in [2.45, 2.75) is 30.7 Å². The summed E-state index contributed by atoms with van der Waals surface area (Å²) < 4.78 is 6.02. The minimum atomic E-state index is -1.22. The van der Waals surface area contributed by atoms with Gasteiger partial charge in [0.1, 0.15) is 5.60 Å². The Morgan fingerprint density at radius 3 is 2.79 bits per heavy atom. The van der Waals surface area contributed by atoms with Gasteiger partial charge < -0.3 is 19.5 Å². The van der Waals surface area contributed by atoms with Crippen LogP contribution < -0.4 is 5.11 Å². The summed E-state index contributed by atoms with van der Waals surface area (Å²) in [6, 6.07) is 9.41. The molecule has 2 fully saturated rings. The van der Waals surface area contributed by atoms with Crippen molar-refractivity contribution in [1.82, 2.24) is 4.90 Å². The van der Waals surface area contributed by atoms with Gasteiger partial charge >= 0.3 is 0 Å². The molecule has 0 radical (unpaired) electrons. The third-order valence-corrected chi connectivity index (χ3v) is 5.39. The fourth-order valence-corrected chi connectivity index (χ4v) is 4.43. The molecule has 5 nitrogen and oxygen atoms in total. The van der Waals surface area contributed by atoms with Crippen molar-refractivity contribution in [3.63, 3.8) is 0 Å². The monoisotopic (exact) mass is 324 g/mol. The second-order valence-electron chi connectivity index (χ2n) is 6.61. The lowest BCUT2D eigenvalue weighted by Gasteiger charge is -2.32. The highest BCUT2D eigenvalue weighted by Crippen LogP contribution is 2.55. The number of carbonyl (C=O) groups excluding carboxylic acids is 2. The fourth-order valence-electron chi connectivity index (χ4n) is 4.43. The number of nitrogens with zero attached hydrogens (tertiary/aromatic N) is 1. The third-order valence-electron chi connectivity index (χ3n) is 5.39. The van der Waals surface area contributed by atoms with Gasteiger partial charge in [0.15, 0.2) is 0 Å². The zero-order valence-corrected chi connectivity index (χ0v) is 13.1. The number of likely N-dealkylation sites (tertiary alicyclic amines) is 1. The third kappa shape index (κ3) is 1.91. The molecule has 4 rings (SSSR count). The number of rotatable bonds is 5. The zero-order chi connectivity index (χ0) is 16.9. The quantitative estimate of drug-likeness (QED) is 0.746. The average molecular weight is 324 g/mol. The Balaban J connectivity index is 1.73. The maximum Gasteiger partial charge on any atom is 0.230 e. The van der Waals surface area contributed by atoms with Crippen LogP contribution in [0.3, 0.4) is 0 Å². The van der Waals surface area contributed by atoms with Crippen LogP contribution in [-0.2, 0) is 20.9 Å². The van der Waals surface area contributed by atoms with Gasteiger partial charge in [0.25, 0.3) is 0 Å². The van der Waals surface area contributed by atoms with E-state index in [9.17, 15) is 14.7 Å². The molecular formula is C19H18NO4-. The number of hydrogen-bond acceptors (Lipinski definition) is 4. The number of carboxylic acids is 1. The molecule has 1 aromatic carbocycles. The summed E-state index contributed by atoms with van der Waals surface area (Å²) >= 11 is 0.